The molecule has 1 aliphatic heterocycles. The van der Waals surface area contributed by atoms with E-state index in [1.54, 1.807) is 6.33 Å². The zero-order chi connectivity index (χ0) is 18.2. The molecule has 2 aromatic carbocycles. The third-order valence-corrected chi connectivity index (χ3v) is 5.31. The van der Waals surface area contributed by atoms with E-state index in [2.05, 4.69) is 69.6 Å². The number of aromatic nitrogens is 3. The Balaban J connectivity index is 1.66. The van der Waals surface area contributed by atoms with Crippen molar-refractivity contribution in [1.82, 2.24) is 20.3 Å². The van der Waals surface area contributed by atoms with Gasteiger partial charge in [0.25, 0.3) is 0 Å². The molecule has 0 unspecified atom stereocenters. The molecule has 1 saturated heterocycles. The number of anilines is 1. The molecule has 0 radical (unpaired) electrons. The van der Waals surface area contributed by atoms with Crippen LogP contribution in [0, 0.1) is 6.92 Å². The number of aryl methyl sites for hydroxylation is 1. The second kappa shape index (κ2) is 6.59. The van der Waals surface area contributed by atoms with Crippen LogP contribution >= 0.6 is 0 Å². The summed E-state index contributed by atoms with van der Waals surface area (Å²) in [6, 6.07) is 14.9. The van der Waals surface area contributed by atoms with Crippen molar-refractivity contribution in [2.45, 2.75) is 6.92 Å². The van der Waals surface area contributed by atoms with Crippen molar-refractivity contribution in [2.24, 2.45) is 0 Å². The van der Waals surface area contributed by atoms with E-state index in [-0.39, 0.29) is 0 Å². The van der Waals surface area contributed by atoms with E-state index in [1.165, 1.54) is 16.3 Å². The van der Waals surface area contributed by atoms with Crippen LogP contribution in [0.4, 0.5) is 5.82 Å². The highest BCUT2D eigenvalue weighted by Crippen LogP contribution is 2.32. The summed E-state index contributed by atoms with van der Waals surface area (Å²) in [4.78, 5) is 16.2. The fourth-order valence-corrected chi connectivity index (χ4v) is 3.96. The minimum absolute atomic E-state index is 0.939. The van der Waals surface area contributed by atoms with Gasteiger partial charge in [-0.25, -0.2) is 9.97 Å². The highest BCUT2D eigenvalue weighted by atomic mass is 15.2. The van der Waals surface area contributed by atoms with Gasteiger partial charge in [-0.15, -0.1) is 0 Å². The molecule has 5 nitrogen and oxygen atoms in total. The van der Waals surface area contributed by atoms with Crippen LogP contribution in [-0.2, 0) is 0 Å². The van der Waals surface area contributed by atoms with Gasteiger partial charge >= 0.3 is 0 Å². The maximum Gasteiger partial charge on any atom is 0.141 e. The Morgan fingerprint density at radius 3 is 2.63 bits per heavy atom. The van der Waals surface area contributed by atoms with Crippen LogP contribution in [0.25, 0.3) is 32.9 Å². The molecule has 0 aliphatic carbocycles. The van der Waals surface area contributed by atoms with Gasteiger partial charge in [0, 0.05) is 37.9 Å². The number of rotatable bonds is 2. The van der Waals surface area contributed by atoms with E-state index in [0.29, 0.717) is 0 Å². The van der Waals surface area contributed by atoms with Gasteiger partial charge in [-0.05, 0) is 29.3 Å². The summed E-state index contributed by atoms with van der Waals surface area (Å²) >= 11 is 0. The van der Waals surface area contributed by atoms with Crippen LogP contribution in [0.15, 0.2) is 55.0 Å². The Morgan fingerprint density at radius 1 is 0.963 bits per heavy atom. The second-order valence-corrected chi connectivity index (χ2v) is 7.00. The Hall–Kier alpha value is -3.05. The smallest absolute Gasteiger partial charge is 0.141 e. The summed E-state index contributed by atoms with van der Waals surface area (Å²) in [5.41, 5.74) is 4.30. The van der Waals surface area contributed by atoms with Gasteiger partial charge in [0.05, 0.1) is 16.6 Å². The van der Waals surface area contributed by atoms with Crippen molar-refractivity contribution in [3.05, 3.63) is 60.6 Å². The molecule has 5 rings (SSSR count). The van der Waals surface area contributed by atoms with E-state index in [0.717, 1.165) is 54.2 Å². The predicted molar refractivity (Wildman–Crippen MR) is 110 cm³/mol. The average molecular weight is 355 g/mol. The quantitative estimate of drug-likeness (QED) is 0.596. The number of hydrogen-bond acceptors (Lipinski definition) is 5. The van der Waals surface area contributed by atoms with E-state index in [9.17, 15) is 0 Å². The molecule has 0 bridgehead atoms. The molecule has 0 spiro atoms. The maximum absolute atomic E-state index is 4.80. The fraction of sp³-hybridized carbons (Fsp3) is 0.227. The van der Waals surface area contributed by atoms with E-state index in [1.807, 2.05) is 6.20 Å². The minimum Gasteiger partial charge on any atom is -0.353 e. The monoisotopic (exact) mass is 355 g/mol. The first-order valence-corrected chi connectivity index (χ1v) is 9.36. The minimum atomic E-state index is 0.939. The predicted octanol–water partition coefficient (Wildman–Crippen LogP) is 3.56. The van der Waals surface area contributed by atoms with Gasteiger partial charge in [-0.3, -0.25) is 4.98 Å². The van der Waals surface area contributed by atoms with Gasteiger partial charge in [0.1, 0.15) is 12.1 Å². The SMILES string of the molecule is Cc1cccc2cccc(-c3cc4ncnc(N5CCNCC5)c4cn3)c12. The molecular weight excluding hydrogens is 334 g/mol. The largest absolute Gasteiger partial charge is 0.353 e. The molecule has 2 aromatic heterocycles. The summed E-state index contributed by atoms with van der Waals surface area (Å²) in [5, 5.41) is 6.89. The van der Waals surface area contributed by atoms with Crippen LogP contribution < -0.4 is 10.2 Å². The number of benzene rings is 2. The Kier molecular flexibility index (Phi) is 3.94. The van der Waals surface area contributed by atoms with Crippen LogP contribution in [-0.4, -0.2) is 41.1 Å². The summed E-state index contributed by atoms with van der Waals surface area (Å²) in [6.07, 6.45) is 3.59. The topological polar surface area (TPSA) is 53.9 Å². The summed E-state index contributed by atoms with van der Waals surface area (Å²) < 4.78 is 0. The summed E-state index contributed by atoms with van der Waals surface area (Å²) in [6.45, 7) is 6.02. The number of nitrogens with one attached hydrogen (secondary N) is 1. The number of hydrogen-bond donors (Lipinski definition) is 1. The molecule has 134 valence electrons. The lowest BCUT2D eigenvalue weighted by molar-refractivity contribution is 0.586. The van der Waals surface area contributed by atoms with Crippen molar-refractivity contribution in [3.63, 3.8) is 0 Å². The van der Waals surface area contributed by atoms with Gasteiger partial charge in [0.2, 0.25) is 0 Å². The number of pyridine rings is 1. The first-order chi connectivity index (χ1) is 13.3. The second-order valence-electron chi connectivity index (χ2n) is 7.00. The molecule has 1 fully saturated rings. The van der Waals surface area contributed by atoms with Crippen molar-refractivity contribution >= 4 is 27.5 Å². The van der Waals surface area contributed by atoms with E-state index in [4.69, 9.17) is 4.98 Å². The Bertz CT molecular complexity index is 1130. The summed E-state index contributed by atoms with van der Waals surface area (Å²) in [5.74, 6) is 0.981. The van der Waals surface area contributed by atoms with Crippen LogP contribution in [0.5, 0.6) is 0 Å². The molecular formula is C22H21N5. The normalized spacial score (nSPS) is 14.8. The zero-order valence-corrected chi connectivity index (χ0v) is 15.3. The number of fused-ring (bicyclic) bond motifs is 2. The van der Waals surface area contributed by atoms with Crippen LogP contribution in [0.3, 0.4) is 0 Å². The molecule has 1 N–H and O–H groups in total. The number of piperazine rings is 1. The molecule has 0 amide bonds. The molecule has 0 atom stereocenters. The molecule has 4 aromatic rings. The first kappa shape index (κ1) is 16.1. The highest BCUT2D eigenvalue weighted by Gasteiger charge is 2.16. The standard InChI is InChI=1S/C22H21N5/c1-15-4-2-5-16-6-3-7-17(21(15)16)19-12-20-18(13-24-19)22(26-14-25-20)27-10-8-23-9-11-27/h2-7,12-14,23H,8-11H2,1H3. The van der Waals surface area contributed by atoms with Crippen molar-refractivity contribution in [1.29, 1.82) is 0 Å². The lowest BCUT2D eigenvalue weighted by atomic mass is 9.97. The maximum atomic E-state index is 4.80. The van der Waals surface area contributed by atoms with Crippen LogP contribution in [0.1, 0.15) is 5.56 Å². The Labute approximate surface area is 158 Å². The van der Waals surface area contributed by atoms with E-state index >= 15 is 0 Å². The fourth-order valence-electron chi connectivity index (χ4n) is 3.96. The van der Waals surface area contributed by atoms with E-state index < -0.39 is 0 Å². The lowest BCUT2D eigenvalue weighted by Crippen LogP contribution is -2.44. The third-order valence-electron chi connectivity index (χ3n) is 5.31. The van der Waals surface area contributed by atoms with Gasteiger partial charge in [-0.1, -0.05) is 36.4 Å². The highest BCUT2D eigenvalue weighted by molar-refractivity contribution is 6.00. The first-order valence-electron chi connectivity index (χ1n) is 9.36. The summed E-state index contributed by atoms with van der Waals surface area (Å²) in [7, 11) is 0. The zero-order valence-electron chi connectivity index (χ0n) is 15.3. The average Bonchev–Trinajstić information content (AvgIpc) is 2.73. The Morgan fingerprint density at radius 2 is 1.78 bits per heavy atom. The van der Waals surface area contributed by atoms with Crippen molar-refractivity contribution in [2.75, 3.05) is 31.1 Å². The molecule has 27 heavy (non-hydrogen) atoms. The lowest BCUT2D eigenvalue weighted by Gasteiger charge is -2.29. The number of nitrogens with zero attached hydrogens (tertiary/aromatic N) is 4. The third kappa shape index (κ3) is 2.80. The molecule has 5 heteroatoms. The van der Waals surface area contributed by atoms with Gasteiger partial charge < -0.3 is 10.2 Å². The van der Waals surface area contributed by atoms with Crippen molar-refractivity contribution < 1.29 is 0 Å². The van der Waals surface area contributed by atoms with Crippen molar-refractivity contribution in [3.8, 4) is 11.3 Å². The van der Waals surface area contributed by atoms with Gasteiger partial charge in [-0.2, -0.15) is 0 Å². The molecule has 1 aliphatic rings. The van der Waals surface area contributed by atoms with Crippen LogP contribution in [0.2, 0.25) is 0 Å². The van der Waals surface area contributed by atoms with Gasteiger partial charge in [0.15, 0.2) is 0 Å². The molecule has 3 heterocycles. The molecule has 0 saturated carbocycles.